The van der Waals surface area contributed by atoms with Crippen LogP contribution >= 0.6 is 0 Å². The Kier molecular flexibility index (Phi) is 8.01. The smallest absolute Gasteiger partial charge is 0.264 e. The SMILES string of the molecule is O=S(=O)(O)CCCOC=Cc1ccccc1.[Li]. The van der Waals surface area contributed by atoms with Crippen LogP contribution in [0.3, 0.4) is 0 Å². The number of hydrogen-bond acceptors (Lipinski definition) is 3. The van der Waals surface area contributed by atoms with Gasteiger partial charge in [0.2, 0.25) is 0 Å². The van der Waals surface area contributed by atoms with E-state index in [1.807, 2.05) is 30.3 Å². The van der Waals surface area contributed by atoms with E-state index in [4.69, 9.17) is 9.29 Å². The zero-order valence-electron chi connectivity index (χ0n) is 9.74. The maximum Gasteiger partial charge on any atom is 0.264 e. The Bertz CT molecular complexity index is 428. The van der Waals surface area contributed by atoms with Crippen molar-refractivity contribution in [2.24, 2.45) is 0 Å². The molecule has 0 aliphatic heterocycles. The molecule has 0 bridgehead atoms. The summed E-state index contributed by atoms with van der Waals surface area (Å²) in [5.74, 6) is -0.272. The summed E-state index contributed by atoms with van der Waals surface area (Å²) in [5.41, 5.74) is 1.01. The molecule has 1 aromatic rings. The first kappa shape index (κ1) is 16.3. The van der Waals surface area contributed by atoms with Crippen LogP contribution in [0.5, 0.6) is 0 Å². The second kappa shape index (κ2) is 8.37. The first-order valence-electron chi connectivity index (χ1n) is 4.86. The summed E-state index contributed by atoms with van der Waals surface area (Å²) >= 11 is 0. The van der Waals surface area contributed by atoms with Gasteiger partial charge in [-0.05, 0) is 18.1 Å². The van der Waals surface area contributed by atoms with Crippen LogP contribution in [0.25, 0.3) is 6.08 Å². The molecule has 6 heteroatoms. The van der Waals surface area contributed by atoms with Gasteiger partial charge in [-0.3, -0.25) is 4.55 Å². The van der Waals surface area contributed by atoms with Gasteiger partial charge in [0.05, 0.1) is 18.6 Å². The van der Waals surface area contributed by atoms with Gasteiger partial charge in [-0.25, -0.2) is 0 Å². The quantitative estimate of drug-likeness (QED) is 0.360. The molecule has 17 heavy (non-hydrogen) atoms. The van der Waals surface area contributed by atoms with E-state index in [2.05, 4.69) is 0 Å². The molecule has 4 nitrogen and oxygen atoms in total. The summed E-state index contributed by atoms with van der Waals surface area (Å²) in [4.78, 5) is 0. The van der Waals surface area contributed by atoms with E-state index in [9.17, 15) is 8.42 Å². The van der Waals surface area contributed by atoms with Gasteiger partial charge in [0.1, 0.15) is 0 Å². The topological polar surface area (TPSA) is 63.6 Å². The fourth-order valence-electron chi connectivity index (χ4n) is 1.08. The number of rotatable bonds is 6. The predicted octanol–water partition coefficient (Wildman–Crippen LogP) is 1.57. The standard InChI is InChI=1S/C11H14O4S.Li/c12-16(13,14)10-4-8-15-9-7-11-5-2-1-3-6-11;/h1-3,5-7,9H,4,8,10H2,(H,12,13,14);. The summed E-state index contributed by atoms with van der Waals surface area (Å²) in [6, 6.07) is 9.61. The van der Waals surface area contributed by atoms with Crippen molar-refractivity contribution in [3.05, 3.63) is 42.2 Å². The fraction of sp³-hybridized carbons (Fsp3) is 0.273. The van der Waals surface area contributed by atoms with Crippen molar-refractivity contribution in [3.63, 3.8) is 0 Å². The van der Waals surface area contributed by atoms with E-state index in [0.717, 1.165) is 5.56 Å². The molecule has 0 saturated carbocycles. The van der Waals surface area contributed by atoms with Crippen molar-refractivity contribution in [3.8, 4) is 0 Å². The Morgan fingerprint density at radius 3 is 2.47 bits per heavy atom. The van der Waals surface area contributed by atoms with E-state index in [0.29, 0.717) is 0 Å². The molecule has 1 radical (unpaired) electrons. The molecule has 0 heterocycles. The van der Waals surface area contributed by atoms with Gasteiger partial charge in [-0.15, -0.1) is 0 Å². The Hall–Kier alpha value is -0.733. The van der Waals surface area contributed by atoms with Gasteiger partial charge in [-0.1, -0.05) is 30.3 Å². The Labute approximate surface area is 114 Å². The normalized spacial score (nSPS) is 11.1. The maximum atomic E-state index is 10.4. The second-order valence-corrected chi connectivity index (χ2v) is 4.80. The van der Waals surface area contributed by atoms with Gasteiger partial charge in [0.25, 0.3) is 10.1 Å². The third-order valence-corrected chi connectivity index (χ3v) is 2.63. The summed E-state index contributed by atoms with van der Waals surface area (Å²) in [7, 11) is -3.87. The van der Waals surface area contributed by atoms with E-state index in [1.165, 1.54) is 6.26 Å². The van der Waals surface area contributed by atoms with E-state index in [-0.39, 0.29) is 37.6 Å². The molecule has 0 spiro atoms. The third kappa shape index (κ3) is 9.01. The van der Waals surface area contributed by atoms with Crippen molar-refractivity contribution < 1.29 is 17.7 Å². The minimum Gasteiger partial charge on any atom is -0.501 e. The monoisotopic (exact) mass is 249 g/mol. The zero-order valence-corrected chi connectivity index (χ0v) is 10.6. The Morgan fingerprint density at radius 2 is 1.88 bits per heavy atom. The first-order valence-corrected chi connectivity index (χ1v) is 6.47. The number of hydrogen-bond donors (Lipinski definition) is 1. The summed E-state index contributed by atoms with van der Waals surface area (Å²) in [6.45, 7) is 0.267. The maximum absolute atomic E-state index is 10.4. The van der Waals surface area contributed by atoms with Crippen LogP contribution in [-0.2, 0) is 14.9 Å². The third-order valence-electron chi connectivity index (χ3n) is 1.82. The van der Waals surface area contributed by atoms with Crippen molar-refractivity contribution in [2.45, 2.75) is 6.42 Å². The van der Waals surface area contributed by atoms with Crippen LogP contribution in [0.4, 0.5) is 0 Å². The molecule has 1 aromatic carbocycles. The second-order valence-electron chi connectivity index (χ2n) is 3.22. The molecule has 0 unspecified atom stereocenters. The number of ether oxygens (including phenoxy) is 1. The van der Waals surface area contributed by atoms with E-state index in [1.54, 1.807) is 6.08 Å². The largest absolute Gasteiger partial charge is 0.501 e. The van der Waals surface area contributed by atoms with Crippen LogP contribution in [0.1, 0.15) is 12.0 Å². The minimum absolute atomic E-state index is 0. The zero-order chi connectivity index (χ0) is 11.9. The van der Waals surface area contributed by atoms with Crippen molar-refractivity contribution in [2.75, 3.05) is 12.4 Å². The molecule has 0 aliphatic rings. The molecule has 0 aromatic heterocycles. The van der Waals surface area contributed by atoms with Crippen LogP contribution in [-0.4, -0.2) is 44.2 Å². The average molecular weight is 249 g/mol. The number of benzene rings is 1. The van der Waals surface area contributed by atoms with Crippen LogP contribution in [0.2, 0.25) is 0 Å². The molecule has 1 N–H and O–H groups in total. The van der Waals surface area contributed by atoms with Crippen LogP contribution in [0.15, 0.2) is 36.6 Å². The Morgan fingerprint density at radius 1 is 1.24 bits per heavy atom. The molecule has 0 atom stereocenters. The van der Waals surface area contributed by atoms with Crippen LogP contribution in [0, 0.1) is 0 Å². The van der Waals surface area contributed by atoms with Gasteiger partial charge >= 0.3 is 0 Å². The predicted molar refractivity (Wildman–Crippen MR) is 68.2 cm³/mol. The molecule has 0 aliphatic carbocycles. The Balaban J connectivity index is 0.00000256. The van der Waals surface area contributed by atoms with Gasteiger partial charge in [0.15, 0.2) is 0 Å². The molecule has 0 fully saturated rings. The molecule has 1 rings (SSSR count). The van der Waals surface area contributed by atoms with Crippen molar-refractivity contribution in [1.82, 2.24) is 0 Å². The van der Waals surface area contributed by atoms with E-state index >= 15 is 0 Å². The summed E-state index contributed by atoms with van der Waals surface area (Å²) in [6.07, 6.45) is 3.57. The molecular formula is C11H14LiO4S. The van der Waals surface area contributed by atoms with Crippen molar-refractivity contribution >= 4 is 35.1 Å². The van der Waals surface area contributed by atoms with Crippen molar-refractivity contribution in [1.29, 1.82) is 0 Å². The first-order chi connectivity index (χ1) is 7.58. The average Bonchev–Trinajstić information content (AvgIpc) is 2.23. The van der Waals surface area contributed by atoms with E-state index < -0.39 is 10.1 Å². The molecule has 89 valence electrons. The van der Waals surface area contributed by atoms with Gasteiger partial charge < -0.3 is 4.74 Å². The minimum atomic E-state index is -3.87. The summed E-state index contributed by atoms with van der Waals surface area (Å²) < 4.78 is 34.3. The van der Waals surface area contributed by atoms with Gasteiger partial charge in [0, 0.05) is 18.9 Å². The summed E-state index contributed by atoms with van der Waals surface area (Å²) in [5, 5.41) is 0. The molecule has 0 saturated heterocycles. The van der Waals surface area contributed by atoms with Crippen LogP contribution < -0.4 is 0 Å². The van der Waals surface area contributed by atoms with Gasteiger partial charge in [-0.2, -0.15) is 8.42 Å². The molecule has 0 amide bonds. The fourth-order valence-corrected chi connectivity index (χ4v) is 1.57. The molecular weight excluding hydrogens is 235 g/mol.